The van der Waals surface area contributed by atoms with Gasteiger partial charge in [0.15, 0.2) is 0 Å². The lowest BCUT2D eigenvalue weighted by atomic mass is 10.1. The van der Waals surface area contributed by atoms with Crippen molar-refractivity contribution in [2.24, 2.45) is 0 Å². The van der Waals surface area contributed by atoms with Crippen LogP contribution in [-0.4, -0.2) is 51.4 Å². The third-order valence-corrected chi connectivity index (χ3v) is 10.3. The Morgan fingerprint density at radius 2 is 1.76 bits per heavy atom. The fraction of sp³-hybridized carbons (Fsp3) is 0.414. The molecule has 9 heteroatoms. The average Bonchev–Trinajstić information content (AvgIpc) is 3.43. The maximum absolute atomic E-state index is 13.2. The Kier molecular flexibility index (Phi) is 9.96. The van der Waals surface area contributed by atoms with Gasteiger partial charge in [-0.2, -0.15) is 4.31 Å². The zero-order chi connectivity index (χ0) is 27.0. The minimum Gasteiger partial charge on any atom is -0.497 e. The first-order chi connectivity index (χ1) is 18.4. The van der Waals surface area contributed by atoms with Crippen LogP contribution in [0.3, 0.4) is 0 Å². The number of ether oxygens (including phenoxy) is 1. The maximum atomic E-state index is 13.2. The molecule has 0 saturated carbocycles. The first kappa shape index (κ1) is 28.3. The van der Waals surface area contributed by atoms with E-state index in [2.05, 4.69) is 41.8 Å². The topological polar surface area (TPSA) is 87.7 Å². The van der Waals surface area contributed by atoms with Crippen molar-refractivity contribution < 1.29 is 17.9 Å². The highest BCUT2D eigenvalue weighted by Crippen LogP contribution is 2.27. The van der Waals surface area contributed by atoms with Crippen molar-refractivity contribution in [1.82, 2.24) is 14.9 Å². The molecule has 0 aliphatic carbocycles. The lowest BCUT2D eigenvalue weighted by Crippen LogP contribution is -2.44. The lowest BCUT2D eigenvalue weighted by molar-refractivity contribution is 0.0954. The van der Waals surface area contributed by atoms with Crippen LogP contribution in [0.2, 0.25) is 0 Å². The molecule has 4 rings (SSSR count). The summed E-state index contributed by atoms with van der Waals surface area (Å²) in [5.74, 6) is 0.445. The Hall–Kier alpha value is -2.72. The van der Waals surface area contributed by atoms with Crippen LogP contribution in [0, 0.1) is 0 Å². The number of carbonyl (C=O) groups is 1. The molecule has 7 nitrogen and oxygen atoms in total. The summed E-state index contributed by atoms with van der Waals surface area (Å²) in [7, 11) is -1.95. The van der Waals surface area contributed by atoms with Crippen molar-refractivity contribution in [2.45, 2.75) is 55.8 Å². The molecule has 0 atom stereocenters. The quantitative estimate of drug-likeness (QED) is 0.340. The van der Waals surface area contributed by atoms with Crippen LogP contribution < -0.4 is 15.4 Å². The van der Waals surface area contributed by atoms with E-state index in [0.29, 0.717) is 47.6 Å². The Bertz CT molecular complexity index is 1300. The van der Waals surface area contributed by atoms with Gasteiger partial charge in [-0.25, -0.2) is 8.42 Å². The molecule has 0 bridgehead atoms. The van der Waals surface area contributed by atoms with E-state index in [-0.39, 0.29) is 5.91 Å². The SMILES string of the molecule is CCCc1ccc(CNC2CCN(S(=O)(=O)c3ccc(CCNC(=O)c4cccc(OC)c4)s3)CC2)cc1. The Morgan fingerprint density at radius 1 is 1.03 bits per heavy atom. The number of carbonyl (C=O) groups excluding carboxylic acids is 1. The monoisotopic (exact) mass is 555 g/mol. The summed E-state index contributed by atoms with van der Waals surface area (Å²) < 4.78 is 33.6. The fourth-order valence-corrected chi connectivity index (χ4v) is 7.58. The minimum atomic E-state index is -3.51. The van der Waals surface area contributed by atoms with Gasteiger partial charge in [0.2, 0.25) is 0 Å². The molecule has 38 heavy (non-hydrogen) atoms. The number of amides is 1. The number of hydrogen-bond acceptors (Lipinski definition) is 6. The molecule has 1 fully saturated rings. The molecular formula is C29H37N3O4S2. The number of hydrogen-bond donors (Lipinski definition) is 2. The second-order valence-electron chi connectivity index (χ2n) is 9.58. The molecule has 1 aliphatic rings. The molecule has 2 aromatic carbocycles. The second-order valence-corrected chi connectivity index (χ2v) is 12.9. The number of aryl methyl sites for hydroxylation is 1. The highest BCUT2D eigenvalue weighted by atomic mass is 32.2. The van der Waals surface area contributed by atoms with Gasteiger partial charge < -0.3 is 15.4 Å². The molecule has 1 saturated heterocycles. The largest absolute Gasteiger partial charge is 0.497 e. The van der Waals surface area contributed by atoms with E-state index < -0.39 is 10.0 Å². The number of nitrogens with one attached hydrogen (secondary N) is 2. The van der Waals surface area contributed by atoms with Gasteiger partial charge in [-0.05, 0) is 67.1 Å². The molecular weight excluding hydrogens is 518 g/mol. The second kappa shape index (κ2) is 13.4. The van der Waals surface area contributed by atoms with E-state index in [4.69, 9.17) is 4.74 Å². The Balaban J connectivity index is 1.22. The van der Waals surface area contributed by atoms with Gasteiger partial charge in [-0.3, -0.25) is 4.79 Å². The molecule has 2 N–H and O–H groups in total. The van der Waals surface area contributed by atoms with Crippen LogP contribution in [0.25, 0.3) is 0 Å². The number of thiophene rings is 1. The Morgan fingerprint density at radius 3 is 2.47 bits per heavy atom. The molecule has 0 spiro atoms. The molecule has 0 unspecified atom stereocenters. The van der Waals surface area contributed by atoms with Crippen LogP contribution in [-0.2, 0) is 29.4 Å². The van der Waals surface area contributed by atoms with Crippen LogP contribution >= 0.6 is 11.3 Å². The zero-order valence-corrected chi connectivity index (χ0v) is 23.7. The summed E-state index contributed by atoms with van der Waals surface area (Å²) in [6, 6.07) is 19.6. The van der Waals surface area contributed by atoms with Crippen LogP contribution in [0.5, 0.6) is 5.75 Å². The predicted molar refractivity (Wildman–Crippen MR) is 152 cm³/mol. The van der Waals surface area contributed by atoms with Crippen LogP contribution in [0.4, 0.5) is 0 Å². The highest BCUT2D eigenvalue weighted by molar-refractivity contribution is 7.91. The number of methoxy groups -OCH3 is 1. The van der Waals surface area contributed by atoms with E-state index in [9.17, 15) is 13.2 Å². The average molecular weight is 556 g/mol. The summed E-state index contributed by atoms with van der Waals surface area (Å²) in [5.41, 5.74) is 3.15. The van der Waals surface area contributed by atoms with Crippen molar-refractivity contribution in [2.75, 3.05) is 26.7 Å². The van der Waals surface area contributed by atoms with Crippen molar-refractivity contribution in [3.8, 4) is 5.75 Å². The summed E-state index contributed by atoms with van der Waals surface area (Å²) in [4.78, 5) is 13.3. The fourth-order valence-electron chi connectivity index (χ4n) is 4.60. The number of nitrogens with zero attached hydrogens (tertiary/aromatic N) is 1. The van der Waals surface area contributed by atoms with Gasteiger partial charge in [-0.1, -0.05) is 43.7 Å². The maximum Gasteiger partial charge on any atom is 0.252 e. The number of piperidine rings is 1. The van der Waals surface area contributed by atoms with Crippen molar-refractivity contribution in [3.05, 3.63) is 82.2 Å². The van der Waals surface area contributed by atoms with E-state index in [1.54, 1.807) is 41.7 Å². The zero-order valence-electron chi connectivity index (χ0n) is 22.1. The third-order valence-electron chi connectivity index (χ3n) is 6.83. The summed E-state index contributed by atoms with van der Waals surface area (Å²) in [6.07, 6.45) is 4.41. The van der Waals surface area contributed by atoms with Gasteiger partial charge >= 0.3 is 0 Å². The van der Waals surface area contributed by atoms with Gasteiger partial charge in [0.25, 0.3) is 15.9 Å². The number of benzene rings is 2. The normalized spacial score (nSPS) is 14.9. The summed E-state index contributed by atoms with van der Waals surface area (Å²) in [6.45, 7) is 4.44. The predicted octanol–water partition coefficient (Wildman–Crippen LogP) is 4.62. The first-order valence-corrected chi connectivity index (χ1v) is 15.5. The summed E-state index contributed by atoms with van der Waals surface area (Å²) >= 11 is 1.28. The molecule has 0 radical (unpaired) electrons. The van der Waals surface area contributed by atoms with Crippen molar-refractivity contribution in [1.29, 1.82) is 0 Å². The molecule has 204 valence electrons. The lowest BCUT2D eigenvalue weighted by Gasteiger charge is -2.31. The molecule has 3 aromatic rings. The third kappa shape index (κ3) is 7.44. The van der Waals surface area contributed by atoms with Crippen LogP contribution in [0.15, 0.2) is 64.9 Å². The number of rotatable bonds is 12. The van der Waals surface area contributed by atoms with Crippen molar-refractivity contribution in [3.63, 3.8) is 0 Å². The van der Waals surface area contributed by atoms with Crippen LogP contribution in [0.1, 0.15) is 52.5 Å². The van der Waals surface area contributed by atoms with Gasteiger partial charge in [0.1, 0.15) is 9.96 Å². The molecule has 1 aromatic heterocycles. The Labute approximate surface area is 230 Å². The van der Waals surface area contributed by atoms with Crippen molar-refractivity contribution >= 4 is 27.3 Å². The molecule has 1 aliphatic heterocycles. The number of sulfonamides is 1. The van der Waals surface area contributed by atoms with Gasteiger partial charge in [0, 0.05) is 42.7 Å². The minimum absolute atomic E-state index is 0.182. The summed E-state index contributed by atoms with van der Waals surface area (Å²) in [5, 5.41) is 6.49. The first-order valence-electron chi connectivity index (χ1n) is 13.2. The van der Waals surface area contributed by atoms with Gasteiger partial charge in [-0.15, -0.1) is 11.3 Å². The van der Waals surface area contributed by atoms with E-state index >= 15 is 0 Å². The van der Waals surface area contributed by atoms with E-state index in [1.807, 2.05) is 6.07 Å². The highest BCUT2D eigenvalue weighted by Gasteiger charge is 2.30. The molecule has 2 heterocycles. The smallest absolute Gasteiger partial charge is 0.252 e. The molecule has 1 amide bonds. The van der Waals surface area contributed by atoms with E-state index in [0.717, 1.165) is 37.1 Å². The standard InChI is InChI=1S/C29H37N3O4S2/c1-3-5-22-8-10-23(11-9-22)21-31-25-15-18-32(19-16-25)38(34,35)28-13-12-27(37-28)14-17-30-29(33)24-6-4-7-26(20-24)36-2/h4,6-13,20,25,31H,3,5,14-19,21H2,1-2H3,(H,30,33). The van der Waals surface area contributed by atoms with E-state index in [1.165, 1.54) is 22.5 Å². The van der Waals surface area contributed by atoms with Gasteiger partial charge in [0.05, 0.1) is 7.11 Å².